The number of nitrogens with one attached hydrogen (secondary N) is 1. The Labute approximate surface area is 178 Å². The van der Waals surface area contributed by atoms with E-state index in [0.29, 0.717) is 12.7 Å². The smallest absolute Gasteiger partial charge is 0.247 e. The second kappa shape index (κ2) is 7.88. The topological polar surface area (TPSA) is 44.8 Å². The first-order valence-electron chi connectivity index (χ1n) is 10.2. The van der Waals surface area contributed by atoms with Crippen molar-refractivity contribution in [2.24, 2.45) is 0 Å². The zero-order valence-electron chi connectivity index (χ0n) is 16.8. The largest absolute Gasteiger partial charge is 0.497 e. The minimum absolute atomic E-state index is 0. The molecule has 5 rings (SSSR count). The minimum Gasteiger partial charge on any atom is -0.497 e. The number of likely N-dealkylation sites (tertiary alicyclic amines) is 1. The van der Waals surface area contributed by atoms with Crippen molar-refractivity contribution in [1.82, 2.24) is 10.2 Å². The molecule has 154 valence electrons. The molecule has 0 aromatic heterocycles. The average molecular weight is 414 g/mol. The Balaban J connectivity index is 0.00000205. The molecule has 1 spiro atoms. The van der Waals surface area contributed by atoms with Gasteiger partial charge in [-0.1, -0.05) is 24.3 Å². The summed E-state index contributed by atoms with van der Waals surface area (Å²) in [5, 5.41) is 3.10. The Morgan fingerprint density at radius 3 is 2.59 bits per heavy atom. The third-order valence-electron chi connectivity index (χ3n) is 6.87. The number of aryl methyl sites for hydroxylation is 1. The summed E-state index contributed by atoms with van der Waals surface area (Å²) in [6.07, 6.45) is 4.00. The number of methoxy groups -OCH3 is 1. The van der Waals surface area contributed by atoms with Crippen molar-refractivity contribution in [3.63, 3.8) is 0 Å². The van der Waals surface area contributed by atoms with Gasteiger partial charge in [-0.05, 0) is 61.1 Å². The number of carbonyl (C=O) groups excluding carboxylic acids is 1. The van der Waals surface area contributed by atoms with Gasteiger partial charge in [-0.2, -0.15) is 0 Å². The summed E-state index contributed by atoms with van der Waals surface area (Å²) >= 11 is 0. The Morgan fingerprint density at radius 1 is 1.10 bits per heavy atom. The Bertz CT molecular complexity index is 881. The first-order chi connectivity index (χ1) is 13.7. The lowest BCUT2D eigenvalue weighted by Gasteiger charge is -2.45. The first kappa shape index (κ1) is 20.0. The Morgan fingerprint density at radius 2 is 1.86 bits per heavy atom. The predicted octanol–water partition coefficient (Wildman–Crippen LogP) is 3.53. The van der Waals surface area contributed by atoms with Crippen LogP contribution < -0.4 is 15.0 Å². The number of fused-ring (bicyclic) bond motifs is 1. The van der Waals surface area contributed by atoms with Crippen molar-refractivity contribution >= 4 is 24.0 Å². The van der Waals surface area contributed by atoms with Gasteiger partial charge in [0.15, 0.2) is 0 Å². The fourth-order valence-corrected chi connectivity index (χ4v) is 5.32. The molecule has 2 aliphatic heterocycles. The number of rotatable bonds is 3. The number of para-hydroxylation sites is 1. The summed E-state index contributed by atoms with van der Waals surface area (Å²) in [7, 11) is 1.73. The Kier molecular flexibility index (Phi) is 5.45. The van der Waals surface area contributed by atoms with Crippen molar-refractivity contribution in [3.05, 3.63) is 59.7 Å². The molecule has 2 fully saturated rings. The highest BCUT2D eigenvalue weighted by atomic mass is 35.5. The van der Waals surface area contributed by atoms with Crippen LogP contribution in [0.25, 0.3) is 0 Å². The molecule has 3 aliphatic rings. The molecule has 1 atom stereocenters. The van der Waals surface area contributed by atoms with Gasteiger partial charge in [0.25, 0.3) is 0 Å². The molecule has 1 unspecified atom stereocenters. The molecule has 5 nitrogen and oxygen atoms in total. The number of piperidine rings is 1. The molecule has 6 heteroatoms. The van der Waals surface area contributed by atoms with Crippen LogP contribution in [-0.2, 0) is 11.2 Å². The molecular formula is C23H28ClN3O2. The van der Waals surface area contributed by atoms with E-state index in [9.17, 15) is 4.79 Å². The average Bonchev–Trinajstić information content (AvgIpc) is 3.31. The number of halogens is 1. The van der Waals surface area contributed by atoms with Crippen molar-refractivity contribution in [2.45, 2.75) is 37.3 Å². The molecule has 2 aromatic rings. The second-order valence-electron chi connectivity index (χ2n) is 8.11. The van der Waals surface area contributed by atoms with Crippen LogP contribution in [-0.4, -0.2) is 43.2 Å². The lowest BCUT2D eigenvalue weighted by atomic mass is 9.84. The molecular weight excluding hydrogens is 386 g/mol. The number of amides is 1. The third-order valence-corrected chi connectivity index (χ3v) is 6.87. The van der Waals surface area contributed by atoms with E-state index in [1.807, 2.05) is 18.2 Å². The monoisotopic (exact) mass is 413 g/mol. The number of benzene rings is 2. The van der Waals surface area contributed by atoms with E-state index in [0.717, 1.165) is 50.2 Å². The summed E-state index contributed by atoms with van der Waals surface area (Å²) in [6, 6.07) is 17.3. The lowest BCUT2D eigenvalue weighted by Crippen LogP contribution is -2.56. The highest BCUT2D eigenvalue weighted by molar-refractivity contribution is 5.93. The first-order valence-corrected chi connectivity index (χ1v) is 10.2. The van der Waals surface area contributed by atoms with Gasteiger partial charge in [0, 0.05) is 24.8 Å². The van der Waals surface area contributed by atoms with Crippen LogP contribution in [0.3, 0.4) is 0 Å². The van der Waals surface area contributed by atoms with Gasteiger partial charge in [0.05, 0.1) is 13.8 Å². The van der Waals surface area contributed by atoms with Crippen LogP contribution in [0, 0.1) is 0 Å². The molecule has 2 aromatic carbocycles. The number of anilines is 1. The predicted molar refractivity (Wildman–Crippen MR) is 117 cm³/mol. The van der Waals surface area contributed by atoms with Gasteiger partial charge in [-0.15, -0.1) is 12.4 Å². The number of nitrogens with zero attached hydrogens (tertiary/aromatic N) is 2. The molecule has 1 aliphatic carbocycles. The standard InChI is InChI=1S/C23H27N3O2.ClH/c1-28-19-8-9-20-17(15-19)7-10-21(20)25-13-11-23(12-14-25)22(27)24-16-26(23)18-5-3-2-4-6-18;/h2-6,8-9,15,21H,7,10-14,16H2,1H3,(H,24,27);1H. The van der Waals surface area contributed by atoms with Crippen molar-refractivity contribution < 1.29 is 9.53 Å². The quantitative estimate of drug-likeness (QED) is 0.836. The summed E-state index contributed by atoms with van der Waals surface area (Å²) < 4.78 is 5.39. The lowest BCUT2D eigenvalue weighted by molar-refractivity contribution is -0.125. The molecule has 0 saturated carbocycles. The number of carbonyl (C=O) groups is 1. The van der Waals surface area contributed by atoms with Gasteiger partial charge < -0.3 is 15.0 Å². The Hall–Kier alpha value is -2.24. The minimum atomic E-state index is -0.404. The highest BCUT2D eigenvalue weighted by Crippen LogP contribution is 2.42. The van der Waals surface area contributed by atoms with Crippen molar-refractivity contribution in [3.8, 4) is 5.75 Å². The second-order valence-corrected chi connectivity index (χ2v) is 8.11. The van der Waals surface area contributed by atoms with E-state index in [4.69, 9.17) is 4.74 Å². The van der Waals surface area contributed by atoms with Crippen LogP contribution in [0.1, 0.15) is 36.4 Å². The zero-order chi connectivity index (χ0) is 19.1. The SMILES string of the molecule is COc1ccc2c(c1)CCC2N1CCC2(CC1)C(=O)NCN2c1ccccc1.Cl. The maximum atomic E-state index is 12.8. The highest BCUT2D eigenvalue weighted by Gasteiger charge is 2.51. The van der Waals surface area contributed by atoms with Gasteiger partial charge in [-0.3, -0.25) is 9.69 Å². The van der Waals surface area contributed by atoms with Crippen LogP contribution >= 0.6 is 12.4 Å². The fraction of sp³-hybridized carbons (Fsp3) is 0.435. The van der Waals surface area contributed by atoms with E-state index in [1.165, 1.54) is 11.1 Å². The molecule has 2 saturated heterocycles. The molecule has 0 radical (unpaired) electrons. The van der Waals surface area contributed by atoms with Crippen LogP contribution in [0.4, 0.5) is 5.69 Å². The van der Waals surface area contributed by atoms with Crippen molar-refractivity contribution in [1.29, 1.82) is 0 Å². The van der Waals surface area contributed by atoms with Gasteiger partial charge in [0.1, 0.15) is 11.3 Å². The molecule has 1 amide bonds. The fourth-order valence-electron chi connectivity index (χ4n) is 5.32. The van der Waals surface area contributed by atoms with Crippen LogP contribution in [0.2, 0.25) is 0 Å². The van der Waals surface area contributed by atoms with E-state index >= 15 is 0 Å². The van der Waals surface area contributed by atoms with Crippen LogP contribution in [0.5, 0.6) is 5.75 Å². The maximum absolute atomic E-state index is 12.8. The van der Waals surface area contributed by atoms with Crippen LogP contribution in [0.15, 0.2) is 48.5 Å². The van der Waals surface area contributed by atoms with E-state index < -0.39 is 5.54 Å². The summed E-state index contributed by atoms with van der Waals surface area (Å²) in [4.78, 5) is 17.7. The molecule has 2 heterocycles. The summed E-state index contributed by atoms with van der Waals surface area (Å²) in [6.45, 7) is 2.51. The summed E-state index contributed by atoms with van der Waals surface area (Å²) in [5.74, 6) is 1.13. The third kappa shape index (κ3) is 3.26. The van der Waals surface area contributed by atoms with Gasteiger partial charge in [-0.25, -0.2) is 0 Å². The molecule has 0 bridgehead atoms. The van der Waals surface area contributed by atoms with E-state index in [-0.39, 0.29) is 18.3 Å². The number of hydrogen-bond acceptors (Lipinski definition) is 4. The molecule has 1 N–H and O–H groups in total. The maximum Gasteiger partial charge on any atom is 0.247 e. The zero-order valence-corrected chi connectivity index (χ0v) is 17.6. The van der Waals surface area contributed by atoms with Gasteiger partial charge in [0.2, 0.25) is 5.91 Å². The van der Waals surface area contributed by atoms with E-state index in [2.05, 4.69) is 45.4 Å². The molecule has 29 heavy (non-hydrogen) atoms. The van der Waals surface area contributed by atoms with Crippen molar-refractivity contribution in [2.75, 3.05) is 31.8 Å². The normalized spacial score (nSPS) is 22.9. The van der Waals surface area contributed by atoms with E-state index in [1.54, 1.807) is 7.11 Å². The number of hydrogen-bond donors (Lipinski definition) is 1. The number of ether oxygens (including phenoxy) is 1. The summed E-state index contributed by atoms with van der Waals surface area (Å²) in [5.41, 5.74) is 3.58. The van der Waals surface area contributed by atoms with Gasteiger partial charge >= 0.3 is 0 Å².